The molecule has 1 saturated heterocycles. The van der Waals surface area contributed by atoms with Crippen molar-refractivity contribution in [1.82, 2.24) is 14.6 Å². The summed E-state index contributed by atoms with van der Waals surface area (Å²) in [6.07, 6.45) is -0.456. The molecule has 0 aliphatic carbocycles. The first-order chi connectivity index (χ1) is 20.1. The second-order valence-electron chi connectivity index (χ2n) is 10.4. The van der Waals surface area contributed by atoms with Gasteiger partial charge in [0.2, 0.25) is 0 Å². The summed E-state index contributed by atoms with van der Waals surface area (Å²) in [6.45, 7) is 2.32. The molecule has 226 valence electrons. The third-order valence-electron chi connectivity index (χ3n) is 7.14. The Kier molecular flexibility index (Phi) is 8.95. The number of aromatic nitrogens is 2. The van der Waals surface area contributed by atoms with Gasteiger partial charge in [-0.25, -0.2) is 13.8 Å². The van der Waals surface area contributed by atoms with Crippen molar-refractivity contribution in [1.29, 1.82) is 0 Å². The molecule has 2 aliphatic rings. The highest BCUT2D eigenvalue weighted by Gasteiger charge is 2.56. The van der Waals surface area contributed by atoms with Crippen LogP contribution >= 0.6 is 7.75 Å². The summed E-state index contributed by atoms with van der Waals surface area (Å²) in [6, 6.07) is 11.3. The van der Waals surface area contributed by atoms with Gasteiger partial charge in [0.25, 0.3) is 0 Å². The predicted molar refractivity (Wildman–Crippen MR) is 149 cm³/mol. The number of fused-ring (bicyclic) bond motifs is 6. The lowest BCUT2D eigenvalue weighted by atomic mass is 9.98. The van der Waals surface area contributed by atoms with Gasteiger partial charge in [0, 0.05) is 5.39 Å². The zero-order valence-corrected chi connectivity index (χ0v) is 24.1. The fourth-order valence-electron chi connectivity index (χ4n) is 4.83. The van der Waals surface area contributed by atoms with Crippen LogP contribution in [0.25, 0.3) is 10.8 Å². The van der Waals surface area contributed by atoms with Gasteiger partial charge in [-0.3, -0.25) is 13.9 Å². The van der Waals surface area contributed by atoms with E-state index in [-0.39, 0.29) is 24.7 Å². The van der Waals surface area contributed by atoms with Crippen molar-refractivity contribution < 1.29 is 42.1 Å². The zero-order valence-electron chi connectivity index (χ0n) is 23.2. The van der Waals surface area contributed by atoms with Crippen LogP contribution in [0.4, 0.5) is 4.39 Å². The summed E-state index contributed by atoms with van der Waals surface area (Å²) in [4.78, 5) is 29.0. The molecule has 12 nitrogen and oxygen atoms in total. The van der Waals surface area contributed by atoms with E-state index in [0.29, 0.717) is 24.6 Å². The molecule has 2 aliphatic heterocycles. The molecule has 14 heteroatoms. The van der Waals surface area contributed by atoms with Crippen LogP contribution in [-0.4, -0.2) is 64.4 Å². The number of cyclic esters (lactones) is 1. The number of esters is 1. The monoisotopic (exact) mass is 605 g/mol. The number of hydrogen-bond donors (Lipinski definition) is 2. The largest absolute Gasteiger partial charge is 0.490 e. The highest BCUT2D eigenvalue weighted by molar-refractivity contribution is 7.52. The van der Waals surface area contributed by atoms with E-state index >= 15 is 4.39 Å². The Bertz CT molecular complexity index is 1530. The molecule has 2 N–H and O–H groups in total. The van der Waals surface area contributed by atoms with Crippen molar-refractivity contribution in [2.24, 2.45) is 0 Å². The number of aliphatic hydroxyl groups excluding tert-OH is 1. The molecule has 3 aromatic rings. The quantitative estimate of drug-likeness (QED) is 0.326. The molecule has 1 fully saturated rings. The summed E-state index contributed by atoms with van der Waals surface area (Å²) in [5, 5.41) is 14.9. The fraction of sp³-hybridized carbons (Fsp3) is 0.464. The molecule has 3 heterocycles. The minimum atomic E-state index is -4.39. The molecule has 5 rings (SSSR count). The van der Waals surface area contributed by atoms with Crippen molar-refractivity contribution >= 4 is 24.5 Å². The Morgan fingerprint density at radius 3 is 2.67 bits per heavy atom. The summed E-state index contributed by atoms with van der Waals surface area (Å²) in [5.74, 6) is -0.262. The van der Waals surface area contributed by atoms with Crippen LogP contribution in [0.15, 0.2) is 59.7 Å². The second kappa shape index (κ2) is 12.5. The molecular weight excluding hydrogens is 572 g/mol. The standard InChI is InChI=1S/C28H33FN3O9P/c1-18-25(34)38-14-7-3-6-13-37-20-15-30-27(35)32(16-20)26-28(2,29)24(33)23(40-26)17-39-42(36,31-18)41-22-12-8-10-19-9-4-5-11-21(19)22/h4-5,8-12,15-16,18,23-24,26,33H,3,6-7,13-14,17H2,1-2H3,(H,31,36)/t18-,23-,24-,26-,28-,42?/m1/s1. The number of nitrogens with zero attached hydrogens (tertiary/aromatic N) is 2. The molecular formula is C28H33FN3O9P. The smallest absolute Gasteiger partial charge is 0.459 e. The fourth-order valence-corrected chi connectivity index (χ4v) is 6.35. The van der Waals surface area contributed by atoms with Crippen LogP contribution in [0, 0.1) is 0 Å². The molecule has 0 saturated carbocycles. The number of alkyl halides is 1. The minimum Gasteiger partial charge on any atom is -0.490 e. The summed E-state index contributed by atoms with van der Waals surface area (Å²) >= 11 is 0. The highest BCUT2D eigenvalue weighted by atomic mass is 31.2. The van der Waals surface area contributed by atoms with Gasteiger partial charge in [-0.05, 0) is 44.6 Å². The highest BCUT2D eigenvalue weighted by Crippen LogP contribution is 2.49. The van der Waals surface area contributed by atoms with Gasteiger partial charge in [0.15, 0.2) is 17.6 Å². The van der Waals surface area contributed by atoms with E-state index < -0.39 is 56.2 Å². The van der Waals surface area contributed by atoms with Crippen LogP contribution in [-0.2, 0) is 23.4 Å². The van der Waals surface area contributed by atoms with E-state index in [9.17, 15) is 19.3 Å². The number of halogens is 1. The number of benzene rings is 2. The third kappa shape index (κ3) is 6.50. The number of carbonyl (C=O) groups is 1. The maximum Gasteiger partial charge on any atom is 0.459 e. The maximum atomic E-state index is 15.9. The average Bonchev–Trinajstić information content (AvgIpc) is 3.19. The van der Waals surface area contributed by atoms with E-state index in [2.05, 4.69) is 10.1 Å². The first-order valence-electron chi connectivity index (χ1n) is 13.7. The van der Waals surface area contributed by atoms with E-state index in [1.807, 2.05) is 18.2 Å². The van der Waals surface area contributed by atoms with Crippen molar-refractivity contribution in [2.45, 2.75) is 63.3 Å². The number of aliphatic hydroxyl groups is 1. The molecule has 1 unspecified atom stereocenters. The summed E-state index contributed by atoms with van der Waals surface area (Å²) in [7, 11) is -4.39. The van der Waals surface area contributed by atoms with Crippen molar-refractivity contribution in [3.8, 4) is 11.5 Å². The lowest BCUT2D eigenvalue weighted by molar-refractivity contribution is -0.145. The molecule has 1 aromatic heterocycles. The first kappa shape index (κ1) is 30.1. The second-order valence-corrected chi connectivity index (χ2v) is 12.1. The van der Waals surface area contributed by atoms with Crippen LogP contribution in [0.3, 0.4) is 0 Å². The molecule has 0 radical (unpaired) electrons. The van der Waals surface area contributed by atoms with Crippen LogP contribution < -0.4 is 20.0 Å². The van der Waals surface area contributed by atoms with Gasteiger partial charge in [0.05, 0.1) is 32.2 Å². The van der Waals surface area contributed by atoms with E-state index in [1.165, 1.54) is 19.3 Å². The van der Waals surface area contributed by atoms with Crippen LogP contribution in [0.1, 0.15) is 39.3 Å². The topological polar surface area (TPSA) is 147 Å². The summed E-state index contributed by atoms with van der Waals surface area (Å²) in [5.41, 5.74) is -3.28. The molecule has 4 bridgehead atoms. The predicted octanol–water partition coefficient (Wildman–Crippen LogP) is 3.67. The van der Waals surface area contributed by atoms with Gasteiger partial charge in [-0.1, -0.05) is 36.4 Å². The third-order valence-corrected chi connectivity index (χ3v) is 8.77. The van der Waals surface area contributed by atoms with E-state index in [4.69, 9.17) is 23.3 Å². The number of rotatable bonds is 2. The zero-order chi connectivity index (χ0) is 29.9. The van der Waals surface area contributed by atoms with E-state index in [1.54, 1.807) is 24.3 Å². The lowest BCUT2D eigenvalue weighted by Crippen LogP contribution is -2.43. The van der Waals surface area contributed by atoms with Gasteiger partial charge in [0.1, 0.15) is 24.0 Å². The van der Waals surface area contributed by atoms with Crippen LogP contribution in [0.5, 0.6) is 11.5 Å². The van der Waals surface area contributed by atoms with E-state index in [0.717, 1.165) is 16.9 Å². The number of carbonyl (C=O) groups excluding carboxylic acids is 1. The van der Waals surface area contributed by atoms with Gasteiger partial charge < -0.3 is 23.8 Å². The summed E-state index contributed by atoms with van der Waals surface area (Å²) < 4.78 is 59.3. The molecule has 2 aromatic carbocycles. The lowest BCUT2D eigenvalue weighted by Gasteiger charge is -2.26. The van der Waals surface area contributed by atoms with Gasteiger partial charge in [-0.15, -0.1) is 0 Å². The molecule has 42 heavy (non-hydrogen) atoms. The Labute approximate surface area is 241 Å². The van der Waals surface area contributed by atoms with Gasteiger partial charge >= 0.3 is 19.4 Å². The average molecular weight is 606 g/mol. The molecule has 6 atom stereocenters. The number of hydrogen-bond acceptors (Lipinski definition) is 10. The Balaban J connectivity index is 1.46. The normalized spacial score (nSPS) is 31.3. The minimum absolute atomic E-state index is 0.130. The molecule has 0 amide bonds. The van der Waals surface area contributed by atoms with Gasteiger partial charge in [-0.2, -0.15) is 10.1 Å². The first-order valence-corrected chi connectivity index (χ1v) is 15.2. The van der Waals surface area contributed by atoms with Crippen LogP contribution in [0.2, 0.25) is 0 Å². The SMILES string of the molecule is C[C@H]1NP(=O)(Oc2cccc3ccccc23)OC[C@H]2O[C@@H](n3cc(cnc3=O)OCCCCCOC1=O)[C@](C)(F)[C@@H]2O. The molecule has 0 spiro atoms. The Hall–Kier alpha value is -3.35. The van der Waals surface area contributed by atoms with Crippen molar-refractivity contribution in [3.63, 3.8) is 0 Å². The Morgan fingerprint density at radius 1 is 1.12 bits per heavy atom. The number of ether oxygens (including phenoxy) is 3. The van der Waals surface area contributed by atoms with Crippen molar-refractivity contribution in [3.05, 3.63) is 65.3 Å². The number of nitrogens with one attached hydrogen (secondary N) is 1. The van der Waals surface area contributed by atoms with Crippen molar-refractivity contribution in [2.75, 3.05) is 19.8 Å². The Morgan fingerprint density at radius 2 is 1.86 bits per heavy atom. The maximum absolute atomic E-state index is 15.9.